The van der Waals surface area contributed by atoms with Crippen molar-refractivity contribution < 1.29 is 13.2 Å². The standard InChI is InChI=1S/C19H30N4O3S.HI/c1-19(2)14-23(11-12-27(19,25)26)18(20-3)21-10-9-15-7-6-8-16(13-15)17(24)22(4)5;/h6-8,13H,9-12,14H2,1-5H3,(H,20,21);1H. The first kappa shape index (κ1) is 24.7. The first-order valence-corrected chi connectivity index (χ1v) is 10.7. The number of benzene rings is 1. The van der Waals surface area contributed by atoms with Gasteiger partial charge in [0.1, 0.15) is 0 Å². The second kappa shape index (κ2) is 9.91. The number of hydrogen-bond donors (Lipinski definition) is 1. The fraction of sp³-hybridized carbons (Fsp3) is 0.579. The molecule has 1 heterocycles. The van der Waals surface area contributed by atoms with Crippen molar-refractivity contribution in [3.05, 3.63) is 35.4 Å². The summed E-state index contributed by atoms with van der Waals surface area (Å²) in [7, 11) is 2.10. The molecule has 9 heteroatoms. The van der Waals surface area contributed by atoms with E-state index in [4.69, 9.17) is 0 Å². The van der Waals surface area contributed by atoms with Crippen LogP contribution in [0, 0.1) is 0 Å². The Balaban J connectivity index is 0.00000392. The highest BCUT2D eigenvalue weighted by Gasteiger charge is 2.40. The van der Waals surface area contributed by atoms with E-state index in [1.807, 2.05) is 29.2 Å². The number of nitrogens with zero attached hydrogens (tertiary/aromatic N) is 3. The third-order valence-corrected chi connectivity index (χ3v) is 7.36. The highest BCUT2D eigenvalue weighted by atomic mass is 127. The summed E-state index contributed by atoms with van der Waals surface area (Å²) in [5.74, 6) is 0.825. The van der Waals surface area contributed by atoms with Gasteiger partial charge in [-0.1, -0.05) is 12.1 Å². The van der Waals surface area contributed by atoms with Gasteiger partial charge < -0.3 is 15.1 Å². The zero-order chi connectivity index (χ0) is 20.2. The van der Waals surface area contributed by atoms with Crippen LogP contribution in [0.3, 0.4) is 0 Å². The van der Waals surface area contributed by atoms with Crippen LogP contribution in [0.5, 0.6) is 0 Å². The quantitative estimate of drug-likeness (QED) is 0.370. The Morgan fingerprint density at radius 3 is 2.57 bits per heavy atom. The van der Waals surface area contributed by atoms with E-state index in [0.717, 1.165) is 12.0 Å². The second-order valence-corrected chi connectivity index (χ2v) is 10.4. The van der Waals surface area contributed by atoms with Gasteiger partial charge in [-0.15, -0.1) is 24.0 Å². The van der Waals surface area contributed by atoms with Gasteiger partial charge in [-0.05, 0) is 38.0 Å². The third-order valence-electron chi connectivity index (χ3n) is 4.83. The van der Waals surface area contributed by atoms with Crippen molar-refractivity contribution in [2.24, 2.45) is 4.99 Å². The predicted octanol–water partition coefficient (Wildman–Crippen LogP) is 1.63. The molecule has 28 heavy (non-hydrogen) atoms. The molecule has 0 saturated carbocycles. The zero-order valence-electron chi connectivity index (χ0n) is 17.2. The van der Waals surface area contributed by atoms with E-state index in [2.05, 4.69) is 10.3 Å². The molecule has 158 valence electrons. The van der Waals surface area contributed by atoms with E-state index in [1.165, 1.54) is 0 Å². The number of rotatable bonds is 4. The Bertz CT molecular complexity index is 822. The van der Waals surface area contributed by atoms with Gasteiger partial charge in [-0.25, -0.2) is 8.42 Å². The monoisotopic (exact) mass is 522 g/mol. The molecular formula is C19H31IN4O3S. The largest absolute Gasteiger partial charge is 0.356 e. The van der Waals surface area contributed by atoms with Crippen LogP contribution in [-0.4, -0.2) is 81.4 Å². The number of carbonyl (C=O) groups is 1. The van der Waals surface area contributed by atoms with E-state index in [0.29, 0.717) is 31.2 Å². The molecule has 1 amide bonds. The molecule has 0 atom stereocenters. The van der Waals surface area contributed by atoms with Crippen molar-refractivity contribution in [3.63, 3.8) is 0 Å². The summed E-state index contributed by atoms with van der Waals surface area (Å²) >= 11 is 0. The van der Waals surface area contributed by atoms with Gasteiger partial charge in [0.15, 0.2) is 15.8 Å². The van der Waals surface area contributed by atoms with E-state index in [9.17, 15) is 13.2 Å². The Morgan fingerprint density at radius 2 is 2.00 bits per heavy atom. The van der Waals surface area contributed by atoms with E-state index >= 15 is 0 Å². The van der Waals surface area contributed by atoms with Crippen molar-refractivity contribution in [2.75, 3.05) is 46.5 Å². The highest BCUT2D eigenvalue weighted by Crippen LogP contribution is 2.23. The molecule has 1 fully saturated rings. The van der Waals surface area contributed by atoms with Gasteiger partial charge in [0.2, 0.25) is 0 Å². The highest BCUT2D eigenvalue weighted by molar-refractivity contribution is 14.0. The lowest BCUT2D eigenvalue weighted by atomic mass is 10.1. The summed E-state index contributed by atoms with van der Waals surface area (Å²) in [6.45, 7) is 5.03. The summed E-state index contributed by atoms with van der Waals surface area (Å²) in [4.78, 5) is 19.9. The summed E-state index contributed by atoms with van der Waals surface area (Å²) in [6.07, 6.45) is 0.739. The third kappa shape index (κ3) is 5.82. The number of nitrogens with one attached hydrogen (secondary N) is 1. The van der Waals surface area contributed by atoms with Gasteiger partial charge in [0, 0.05) is 46.3 Å². The number of aliphatic imine (C=N–C) groups is 1. The van der Waals surface area contributed by atoms with E-state index < -0.39 is 14.6 Å². The van der Waals surface area contributed by atoms with Crippen LogP contribution in [0.15, 0.2) is 29.3 Å². The average Bonchev–Trinajstić information content (AvgIpc) is 2.61. The number of sulfone groups is 1. The Kier molecular flexibility index (Phi) is 8.73. The van der Waals surface area contributed by atoms with Crippen molar-refractivity contribution in [1.82, 2.24) is 15.1 Å². The summed E-state index contributed by atoms with van der Waals surface area (Å²) < 4.78 is 23.6. The Labute approximate surface area is 185 Å². The van der Waals surface area contributed by atoms with Crippen LogP contribution in [0.25, 0.3) is 0 Å². The molecule has 1 N–H and O–H groups in total. The SMILES string of the molecule is CN=C(NCCc1cccc(C(=O)N(C)C)c1)N1CCS(=O)(=O)C(C)(C)C1.I. The summed E-state index contributed by atoms with van der Waals surface area (Å²) in [5, 5.41) is 3.31. The van der Waals surface area contributed by atoms with Crippen LogP contribution in [-0.2, 0) is 16.3 Å². The Hall–Kier alpha value is -1.36. The minimum Gasteiger partial charge on any atom is -0.356 e. The number of hydrogen-bond acceptors (Lipinski definition) is 4. The van der Waals surface area contributed by atoms with E-state index in [1.54, 1.807) is 39.9 Å². The minimum absolute atomic E-state index is 0. The van der Waals surface area contributed by atoms with Crippen LogP contribution in [0.1, 0.15) is 29.8 Å². The fourth-order valence-electron chi connectivity index (χ4n) is 3.09. The molecule has 2 rings (SSSR count). The maximum Gasteiger partial charge on any atom is 0.253 e. The maximum atomic E-state index is 12.2. The number of halogens is 1. The van der Waals surface area contributed by atoms with Gasteiger partial charge in [0.25, 0.3) is 5.91 Å². The average molecular weight is 522 g/mol. The fourth-order valence-corrected chi connectivity index (χ4v) is 4.46. The summed E-state index contributed by atoms with van der Waals surface area (Å²) in [5.41, 5.74) is 1.73. The molecule has 0 radical (unpaired) electrons. The molecule has 7 nitrogen and oxygen atoms in total. The van der Waals surface area contributed by atoms with Crippen LogP contribution in [0.4, 0.5) is 0 Å². The lowest BCUT2D eigenvalue weighted by Crippen LogP contribution is -2.57. The van der Waals surface area contributed by atoms with Gasteiger partial charge >= 0.3 is 0 Å². The molecule has 0 unspecified atom stereocenters. The molecule has 1 saturated heterocycles. The smallest absolute Gasteiger partial charge is 0.253 e. The van der Waals surface area contributed by atoms with Crippen LogP contribution >= 0.6 is 24.0 Å². The first-order valence-electron chi connectivity index (χ1n) is 9.06. The lowest BCUT2D eigenvalue weighted by molar-refractivity contribution is 0.0827. The molecule has 0 spiro atoms. The van der Waals surface area contributed by atoms with E-state index in [-0.39, 0.29) is 35.6 Å². The van der Waals surface area contributed by atoms with Gasteiger partial charge in [-0.2, -0.15) is 0 Å². The van der Waals surface area contributed by atoms with Crippen molar-refractivity contribution >= 4 is 45.7 Å². The molecule has 1 aromatic carbocycles. The van der Waals surface area contributed by atoms with Gasteiger partial charge in [0.05, 0.1) is 10.5 Å². The topological polar surface area (TPSA) is 82.1 Å². The minimum atomic E-state index is -3.08. The molecule has 1 aliphatic heterocycles. The normalized spacial score (nSPS) is 18.2. The molecular weight excluding hydrogens is 491 g/mol. The number of guanidine groups is 1. The first-order chi connectivity index (χ1) is 12.6. The zero-order valence-corrected chi connectivity index (χ0v) is 20.4. The summed E-state index contributed by atoms with van der Waals surface area (Å²) in [6, 6.07) is 7.60. The van der Waals surface area contributed by atoms with Crippen LogP contribution < -0.4 is 5.32 Å². The van der Waals surface area contributed by atoms with Crippen LogP contribution in [0.2, 0.25) is 0 Å². The molecule has 1 aromatic rings. The van der Waals surface area contributed by atoms with Crippen molar-refractivity contribution in [2.45, 2.75) is 25.0 Å². The van der Waals surface area contributed by atoms with Crippen molar-refractivity contribution in [1.29, 1.82) is 0 Å². The maximum absolute atomic E-state index is 12.2. The number of amides is 1. The predicted molar refractivity (Wildman–Crippen MR) is 124 cm³/mol. The van der Waals surface area contributed by atoms with Gasteiger partial charge in [-0.3, -0.25) is 9.79 Å². The molecule has 0 bridgehead atoms. The van der Waals surface area contributed by atoms with Crippen molar-refractivity contribution in [3.8, 4) is 0 Å². The Morgan fingerprint density at radius 1 is 1.32 bits per heavy atom. The molecule has 1 aliphatic rings. The second-order valence-electron chi connectivity index (χ2n) is 7.62. The number of carbonyl (C=O) groups excluding carboxylic acids is 1. The molecule has 0 aliphatic carbocycles. The lowest BCUT2D eigenvalue weighted by Gasteiger charge is -2.39. The molecule has 0 aromatic heterocycles.